The smallest absolute Gasteiger partial charge is 0.327 e. The first-order chi connectivity index (χ1) is 10.3. The number of ether oxygens (including phenoxy) is 1. The molecule has 21 heavy (non-hydrogen) atoms. The van der Waals surface area contributed by atoms with Crippen molar-refractivity contribution in [3.63, 3.8) is 0 Å². The summed E-state index contributed by atoms with van der Waals surface area (Å²) >= 11 is 0. The molecule has 2 heterocycles. The normalized spacial score (nSPS) is 17.5. The van der Waals surface area contributed by atoms with Gasteiger partial charge in [-0.2, -0.15) is 0 Å². The van der Waals surface area contributed by atoms with Gasteiger partial charge in [-0.3, -0.25) is 9.69 Å². The number of imidazole rings is 1. The highest BCUT2D eigenvalue weighted by Crippen LogP contribution is 2.23. The molecule has 1 aromatic carbocycles. The number of carboxylic acids is 1. The molecule has 1 aliphatic rings. The molecule has 0 amide bonds. The van der Waals surface area contributed by atoms with E-state index in [2.05, 4.69) is 9.97 Å². The fourth-order valence-corrected chi connectivity index (χ4v) is 2.54. The first-order valence-electron chi connectivity index (χ1n) is 6.90. The lowest BCUT2D eigenvalue weighted by Gasteiger charge is -2.31. The van der Waals surface area contributed by atoms with E-state index in [0.717, 1.165) is 5.56 Å². The molecule has 6 heteroatoms. The second-order valence-corrected chi connectivity index (χ2v) is 4.94. The number of nitrogens with zero attached hydrogens (tertiary/aromatic N) is 2. The number of nitrogens with one attached hydrogen (secondary N) is 1. The SMILES string of the molecule is O=C(O)C(c1cnc(-c2ccccc2)[nH]1)N1CCOCC1. The summed E-state index contributed by atoms with van der Waals surface area (Å²) in [5, 5.41) is 9.53. The summed E-state index contributed by atoms with van der Waals surface area (Å²) < 4.78 is 5.28. The van der Waals surface area contributed by atoms with E-state index in [0.29, 0.717) is 37.8 Å². The molecule has 2 N–H and O–H groups in total. The fraction of sp³-hybridized carbons (Fsp3) is 0.333. The number of carbonyl (C=O) groups is 1. The maximum absolute atomic E-state index is 11.6. The quantitative estimate of drug-likeness (QED) is 0.891. The second-order valence-electron chi connectivity index (χ2n) is 4.94. The predicted molar refractivity (Wildman–Crippen MR) is 76.8 cm³/mol. The Labute approximate surface area is 122 Å². The molecule has 6 nitrogen and oxygen atoms in total. The molecule has 0 aliphatic carbocycles. The molecule has 1 atom stereocenters. The maximum Gasteiger partial charge on any atom is 0.327 e. The van der Waals surface area contributed by atoms with Crippen LogP contribution in [0.25, 0.3) is 11.4 Å². The highest BCUT2D eigenvalue weighted by atomic mass is 16.5. The number of aromatic nitrogens is 2. The molecule has 0 spiro atoms. The molecule has 3 rings (SSSR count). The molecule has 1 fully saturated rings. The standard InChI is InChI=1S/C15H17N3O3/c19-15(20)13(18-6-8-21-9-7-18)12-10-16-14(17-12)11-4-2-1-3-5-11/h1-5,10,13H,6-9H2,(H,16,17)(H,19,20). The van der Waals surface area contributed by atoms with Gasteiger partial charge < -0.3 is 14.8 Å². The largest absolute Gasteiger partial charge is 0.480 e. The number of benzene rings is 1. The van der Waals surface area contributed by atoms with E-state index in [1.54, 1.807) is 6.20 Å². The third kappa shape index (κ3) is 2.96. The second kappa shape index (κ2) is 6.07. The Morgan fingerprint density at radius 1 is 1.29 bits per heavy atom. The van der Waals surface area contributed by atoms with Crippen molar-refractivity contribution in [3.05, 3.63) is 42.2 Å². The predicted octanol–water partition coefficient (Wildman–Crippen LogP) is 1.53. The van der Waals surface area contributed by atoms with Gasteiger partial charge in [0.2, 0.25) is 0 Å². The topological polar surface area (TPSA) is 78.4 Å². The fourth-order valence-electron chi connectivity index (χ4n) is 2.54. The van der Waals surface area contributed by atoms with Crippen molar-refractivity contribution < 1.29 is 14.6 Å². The molecule has 110 valence electrons. The van der Waals surface area contributed by atoms with Gasteiger partial charge in [-0.05, 0) is 0 Å². The Morgan fingerprint density at radius 2 is 2.00 bits per heavy atom. The number of aliphatic carboxylic acids is 1. The van der Waals surface area contributed by atoms with E-state index in [4.69, 9.17) is 4.74 Å². The summed E-state index contributed by atoms with van der Waals surface area (Å²) in [6.07, 6.45) is 1.61. The summed E-state index contributed by atoms with van der Waals surface area (Å²) in [5.74, 6) is -0.190. The lowest BCUT2D eigenvalue weighted by molar-refractivity contribution is -0.145. The summed E-state index contributed by atoms with van der Waals surface area (Å²) in [4.78, 5) is 21.0. The molecule has 0 bridgehead atoms. The van der Waals surface area contributed by atoms with Gasteiger partial charge in [0.15, 0.2) is 6.04 Å². The number of hydrogen-bond acceptors (Lipinski definition) is 4. The van der Waals surface area contributed by atoms with Crippen molar-refractivity contribution in [2.45, 2.75) is 6.04 Å². The lowest BCUT2D eigenvalue weighted by Crippen LogP contribution is -2.42. The number of aromatic amines is 1. The minimum absolute atomic E-state index is 0.559. The molecule has 1 aliphatic heterocycles. The van der Waals surface area contributed by atoms with E-state index in [1.807, 2.05) is 35.2 Å². The van der Waals surface area contributed by atoms with Gasteiger partial charge in [0.05, 0.1) is 25.1 Å². The number of rotatable bonds is 4. The molecule has 1 unspecified atom stereocenters. The summed E-state index contributed by atoms with van der Waals surface area (Å²) in [6, 6.07) is 8.95. The average molecular weight is 287 g/mol. The first kappa shape index (κ1) is 13.8. The minimum atomic E-state index is -0.875. The van der Waals surface area contributed by atoms with Gasteiger partial charge in [-0.1, -0.05) is 30.3 Å². The van der Waals surface area contributed by atoms with E-state index >= 15 is 0 Å². The summed E-state index contributed by atoms with van der Waals surface area (Å²) in [7, 11) is 0. The number of H-pyrrole nitrogens is 1. The Hall–Kier alpha value is -2.18. The Kier molecular flexibility index (Phi) is 3.98. The van der Waals surface area contributed by atoms with Crippen molar-refractivity contribution in [2.24, 2.45) is 0 Å². The third-order valence-electron chi connectivity index (χ3n) is 3.58. The number of morpholine rings is 1. The molecule has 1 saturated heterocycles. The highest BCUT2D eigenvalue weighted by Gasteiger charge is 2.30. The van der Waals surface area contributed by atoms with E-state index < -0.39 is 12.0 Å². The third-order valence-corrected chi connectivity index (χ3v) is 3.58. The van der Waals surface area contributed by atoms with Crippen LogP contribution in [0.3, 0.4) is 0 Å². The summed E-state index contributed by atoms with van der Waals surface area (Å²) in [6.45, 7) is 2.33. The van der Waals surface area contributed by atoms with Crippen molar-refractivity contribution in [3.8, 4) is 11.4 Å². The molecular weight excluding hydrogens is 270 g/mol. The van der Waals surface area contributed by atoms with Crippen LogP contribution in [0.4, 0.5) is 0 Å². The van der Waals surface area contributed by atoms with E-state index in [9.17, 15) is 9.90 Å². The Bertz CT molecular complexity index is 606. The summed E-state index contributed by atoms with van der Waals surface area (Å²) in [5.41, 5.74) is 1.54. The van der Waals surface area contributed by atoms with Crippen LogP contribution >= 0.6 is 0 Å². The van der Waals surface area contributed by atoms with Gasteiger partial charge >= 0.3 is 5.97 Å². The molecule has 0 saturated carbocycles. The van der Waals surface area contributed by atoms with E-state index in [1.165, 1.54) is 0 Å². The molecule has 1 aromatic heterocycles. The molecular formula is C15H17N3O3. The van der Waals surface area contributed by atoms with Crippen molar-refractivity contribution in [1.29, 1.82) is 0 Å². The maximum atomic E-state index is 11.6. The van der Waals surface area contributed by atoms with Gasteiger partial charge in [-0.15, -0.1) is 0 Å². The van der Waals surface area contributed by atoms with Crippen molar-refractivity contribution in [2.75, 3.05) is 26.3 Å². The van der Waals surface area contributed by atoms with Crippen LogP contribution in [0.5, 0.6) is 0 Å². The zero-order chi connectivity index (χ0) is 14.7. The van der Waals surface area contributed by atoms with Gasteiger partial charge in [0.25, 0.3) is 0 Å². The van der Waals surface area contributed by atoms with Crippen molar-refractivity contribution in [1.82, 2.24) is 14.9 Å². The van der Waals surface area contributed by atoms with Crippen LogP contribution in [-0.2, 0) is 9.53 Å². The molecule has 0 radical (unpaired) electrons. The lowest BCUT2D eigenvalue weighted by atomic mass is 10.1. The molecule has 2 aromatic rings. The number of carboxylic acid groups (broad SMARTS) is 1. The van der Waals surface area contributed by atoms with Crippen LogP contribution in [0.2, 0.25) is 0 Å². The van der Waals surface area contributed by atoms with Crippen LogP contribution < -0.4 is 0 Å². The zero-order valence-electron chi connectivity index (χ0n) is 11.5. The van der Waals surface area contributed by atoms with Gasteiger partial charge in [0.1, 0.15) is 5.82 Å². The van der Waals surface area contributed by atoms with Crippen LogP contribution in [0, 0.1) is 0 Å². The van der Waals surface area contributed by atoms with E-state index in [-0.39, 0.29) is 0 Å². The number of hydrogen-bond donors (Lipinski definition) is 2. The van der Waals surface area contributed by atoms with Crippen molar-refractivity contribution >= 4 is 5.97 Å². The highest BCUT2D eigenvalue weighted by molar-refractivity contribution is 5.75. The van der Waals surface area contributed by atoms with Crippen LogP contribution in [-0.4, -0.2) is 52.2 Å². The average Bonchev–Trinajstić information content (AvgIpc) is 2.98. The van der Waals surface area contributed by atoms with Gasteiger partial charge in [0, 0.05) is 18.7 Å². The Morgan fingerprint density at radius 3 is 2.67 bits per heavy atom. The first-order valence-corrected chi connectivity index (χ1v) is 6.90. The monoisotopic (exact) mass is 287 g/mol. The van der Waals surface area contributed by atoms with Gasteiger partial charge in [-0.25, -0.2) is 4.98 Å². The zero-order valence-corrected chi connectivity index (χ0v) is 11.5. The van der Waals surface area contributed by atoms with Crippen LogP contribution in [0.1, 0.15) is 11.7 Å². The van der Waals surface area contributed by atoms with Crippen LogP contribution in [0.15, 0.2) is 36.5 Å². The Balaban J connectivity index is 1.87. The minimum Gasteiger partial charge on any atom is -0.480 e.